The lowest BCUT2D eigenvalue weighted by molar-refractivity contribution is 0.436. The third kappa shape index (κ3) is 2.76. The first kappa shape index (κ1) is 16.3. The highest BCUT2D eigenvalue weighted by molar-refractivity contribution is 6.33. The van der Waals surface area contributed by atoms with Gasteiger partial charge in [-0.2, -0.15) is 0 Å². The van der Waals surface area contributed by atoms with Gasteiger partial charge >= 0.3 is 0 Å². The van der Waals surface area contributed by atoms with Gasteiger partial charge in [0.25, 0.3) is 0 Å². The van der Waals surface area contributed by atoms with Gasteiger partial charge in [-0.3, -0.25) is 4.40 Å². The maximum Gasteiger partial charge on any atom is 0.235 e. The topological polar surface area (TPSA) is 33.4 Å². The molecule has 2 aromatic heterocycles. The van der Waals surface area contributed by atoms with Crippen LogP contribution in [0.2, 0.25) is 5.02 Å². The third-order valence-corrected chi connectivity index (χ3v) is 5.31. The summed E-state index contributed by atoms with van der Waals surface area (Å²) in [7, 11) is 0. The Hall–Kier alpha value is -2.14. The van der Waals surface area contributed by atoms with Gasteiger partial charge in [-0.05, 0) is 37.8 Å². The summed E-state index contributed by atoms with van der Waals surface area (Å²) in [4.78, 5) is 11.2. The zero-order valence-corrected chi connectivity index (χ0v) is 15.1. The van der Waals surface area contributed by atoms with Crippen LogP contribution in [0.15, 0.2) is 30.6 Å². The lowest BCUT2D eigenvalue weighted by Crippen LogP contribution is -2.34. The quantitative estimate of drug-likeness (QED) is 0.663. The number of halogens is 2. The summed E-state index contributed by atoms with van der Waals surface area (Å²) in [6.07, 6.45) is 5.84. The van der Waals surface area contributed by atoms with Crippen molar-refractivity contribution in [2.24, 2.45) is 5.92 Å². The van der Waals surface area contributed by atoms with Gasteiger partial charge in [0.05, 0.1) is 10.7 Å². The minimum Gasteiger partial charge on any atom is -0.357 e. The summed E-state index contributed by atoms with van der Waals surface area (Å²) in [5.41, 5.74) is 1.90. The molecule has 0 atom stereocenters. The first-order valence-electron chi connectivity index (χ1n) is 8.59. The fourth-order valence-electron chi connectivity index (χ4n) is 3.59. The number of aryl methyl sites for hydroxylation is 1. The van der Waals surface area contributed by atoms with Crippen LogP contribution < -0.4 is 4.90 Å². The van der Waals surface area contributed by atoms with E-state index >= 15 is 0 Å². The minimum atomic E-state index is -0.330. The Labute approximate surface area is 151 Å². The fourth-order valence-corrected chi connectivity index (χ4v) is 3.85. The van der Waals surface area contributed by atoms with Crippen LogP contribution in [0, 0.1) is 18.7 Å². The molecule has 1 saturated heterocycles. The molecule has 0 unspecified atom stereocenters. The molecule has 0 amide bonds. The van der Waals surface area contributed by atoms with Crippen molar-refractivity contribution in [3.05, 3.63) is 47.1 Å². The molecule has 1 aliphatic rings. The molecular weight excluding hydrogens is 339 g/mol. The minimum absolute atomic E-state index is 0.330. The van der Waals surface area contributed by atoms with Crippen LogP contribution in [-0.2, 0) is 0 Å². The molecule has 130 valence electrons. The molecule has 4 nitrogen and oxygen atoms in total. The van der Waals surface area contributed by atoms with E-state index in [4.69, 9.17) is 11.6 Å². The van der Waals surface area contributed by atoms with Crippen molar-refractivity contribution < 1.29 is 4.39 Å². The van der Waals surface area contributed by atoms with Gasteiger partial charge in [0.2, 0.25) is 5.78 Å². The molecule has 0 spiro atoms. The molecule has 0 radical (unpaired) electrons. The first-order valence-corrected chi connectivity index (χ1v) is 8.97. The zero-order chi connectivity index (χ0) is 17.6. The van der Waals surface area contributed by atoms with Crippen molar-refractivity contribution >= 4 is 23.2 Å². The summed E-state index contributed by atoms with van der Waals surface area (Å²) in [6, 6.07) is 4.79. The summed E-state index contributed by atoms with van der Waals surface area (Å²) in [6.45, 7) is 6.02. The van der Waals surface area contributed by atoms with Gasteiger partial charge in [-0.15, -0.1) is 0 Å². The van der Waals surface area contributed by atoms with E-state index in [1.165, 1.54) is 6.07 Å². The van der Waals surface area contributed by atoms with Crippen LogP contribution in [-0.4, -0.2) is 27.5 Å². The predicted molar refractivity (Wildman–Crippen MR) is 98.7 cm³/mol. The Bertz CT molecular complexity index is 908. The standard InChI is InChI=1S/C19H20ClFN4/c1-12-6-9-24(10-7-12)18-16(17-14(20)4-3-5-15(17)21)13(2)23-19-22-8-11-25(18)19/h3-5,8,11-12H,6-7,9-10H2,1-2H3. The van der Waals surface area contributed by atoms with Gasteiger partial charge in [-0.25, -0.2) is 14.4 Å². The van der Waals surface area contributed by atoms with Gasteiger partial charge in [0, 0.05) is 36.6 Å². The summed E-state index contributed by atoms with van der Waals surface area (Å²) >= 11 is 6.38. The molecule has 4 rings (SSSR count). The van der Waals surface area contributed by atoms with Crippen LogP contribution in [0.4, 0.5) is 10.2 Å². The van der Waals surface area contributed by atoms with Crippen LogP contribution in [0.5, 0.6) is 0 Å². The van der Waals surface area contributed by atoms with E-state index in [1.807, 2.05) is 17.5 Å². The smallest absolute Gasteiger partial charge is 0.235 e. The average Bonchev–Trinajstić information content (AvgIpc) is 3.03. The summed E-state index contributed by atoms with van der Waals surface area (Å²) in [5.74, 6) is 1.93. The highest BCUT2D eigenvalue weighted by Crippen LogP contribution is 2.40. The molecule has 1 aromatic carbocycles. The van der Waals surface area contributed by atoms with Crippen molar-refractivity contribution in [2.75, 3.05) is 18.0 Å². The highest BCUT2D eigenvalue weighted by Gasteiger charge is 2.26. The first-order chi connectivity index (χ1) is 12.1. The van der Waals surface area contributed by atoms with Gasteiger partial charge in [-0.1, -0.05) is 24.6 Å². The number of imidazole rings is 1. The van der Waals surface area contributed by atoms with Gasteiger partial charge in [0.15, 0.2) is 0 Å². The van der Waals surface area contributed by atoms with Gasteiger partial charge in [0.1, 0.15) is 11.6 Å². The molecule has 1 aliphatic heterocycles. The lowest BCUT2D eigenvalue weighted by Gasteiger charge is -2.34. The van der Waals surface area contributed by atoms with E-state index in [2.05, 4.69) is 21.8 Å². The largest absolute Gasteiger partial charge is 0.357 e. The van der Waals surface area contributed by atoms with E-state index < -0.39 is 0 Å². The maximum atomic E-state index is 14.7. The Kier molecular flexibility index (Phi) is 4.12. The van der Waals surface area contributed by atoms with E-state index in [-0.39, 0.29) is 5.82 Å². The highest BCUT2D eigenvalue weighted by atomic mass is 35.5. The van der Waals surface area contributed by atoms with Crippen molar-refractivity contribution in [2.45, 2.75) is 26.7 Å². The number of rotatable bonds is 2. The Morgan fingerprint density at radius 2 is 1.96 bits per heavy atom. The summed E-state index contributed by atoms with van der Waals surface area (Å²) < 4.78 is 16.6. The number of hydrogen-bond acceptors (Lipinski definition) is 3. The molecule has 3 heterocycles. The average molecular weight is 359 g/mol. The lowest BCUT2D eigenvalue weighted by atomic mass is 9.97. The number of hydrogen-bond donors (Lipinski definition) is 0. The third-order valence-electron chi connectivity index (χ3n) is 5.00. The zero-order valence-electron chi connectivity index (χ0n) is 14.3. The van der Waals surface area contributed by atoms with Crippen LogP contribution in [0.25, 0.3) is 16.9 Å². The van der Waals surface area contributed by atoms with Crippen molar-refractivity contribution in [3.8, 4) is 11.1 Å². The number of piperidine rings is 1. The number of fused-ring (bicyclic) bond motifs is 1. The fraction of sp³-hybridized carbons (Fsp3) is 0.368. The predicted octanol–water partition coefficient (Wildman–Crippen LogP) is 4.73. The monoisotopic (exact) mass is 358 g/mol. The van der Waals surface area contributed by atoms with Crippen LogP contribution in [0.1, 0.15) is 25.5 Å². The van der Waals surface area contributed by atoms with E-state index in [0.29, 0.717) is 22.3 Å². The van der Waals surface area contributed by atoms with E-state index in [9.17, 15) is 4.39 Å². The molecule has 6 heteroatoms. The number of anilines is 1. The van der Waals surface area contributed by atoms with E-state index in [1.54, 1.807) is 18.3 Å². The molecule has 0 N–H and O–H groups in total. The Balaban J connectivity index is 2.00. The summed E-state index contributed by atoms with van der Waals surface area (Å²) in [5, 5.41) is 0.399. The SMILES string of the molecule is Cc1nc2nccn2c(N2CCC(C)CC2)c1-c1c(F)cccc1Cl. The van der Waals surface area contributed by atoms with Crippen molar-refractivity contribution in [3.63, 3.8) is 0 Å². The molecule has 0 bridgehead atoms. The van der Waals surface area contributed by atoms with Crippen molar-refractivity contribution in [1.29, 1.82) is 0 Å². The molecular formula is C19H20ClFN4. The van der Waals surface area contributed by atoms with Gasteiger partial charge < -0.3 is 4.90 Å². The molecule has 3 aromatic rings. The van der Waals surface area contributed by atoms with Crippen LogP contribution >= 0.6 is 11.6 Å². The molecule has 0 saturated carbocycles. The molecule has 0 aliphatic carbocycles. The maximum absolute atomic E-state index is 14.7. The van der Waals surface area contributed by atoms with Crippen molar-refractivity contribution in [1.82, 2.24) is 14.4 Å². The molecule has 1 fully saturated rings. The Morgan fingerprint density at radius 1 is 1.20 bits per heavy atom. The normalized spacial score (nSPS) is 15.9. The number of nitrogens with zero attached hydrogens (tertiary/aromatic N) is 4. The Morgan fingerprint density at radius 3 is 2.68 bits per heavy atom. The van der Waals surface area contributed by atoms with Crippen LogP contribution in [0.3, 0.4) is 0 Å². The number of aromatic nitrogens is 3. The second-order valence-electron chi connectivity index (χ2n) is 6.76. The van der Waals surface area contributed by atoms with E-state index in [0.717, 1.165) is 43.0 Å². The molecule has 25 heavy (non-hydrogen) atoms. The number of benzene rings is 1. The second kappa shape index (κ2) is 6.30. The second-order valence-corrected chi connectivity index (χ2v) is 7.17.